The summed E-state index contributed by atoms with van der Waals surface area (Å²) in [4.78, 5) is 12.6. The number of ether oxygens (including phenoxy) is 1. The number of nitriles is 1. The van der Waals surface area contributed by atoms with Gasteiger partial charge in [-0.15, -0.1) is 0 Å². The Morgan fingerprint density at radius 3 is 2.81 bits per heavy atom. The molecule has 3 rings (SSSR count). The zero-order chi connectivity index (χ0) is 20.0. The van der Waals surface area contributed by atoms with Crippen LogP contribution >= 0.6 is 0 Å². The van der Waals surface area contributed by atoms with E-state index in [1.807, 2.05) is 0 Å². The van der Waals surface area contributed by atoms with Gasteiger partial charge in [0.2, 0.25) is 10.0 Å². The van der Waals surface area contributed by atoms with E-state index in [2.05, 4.69) is 10.0 Å². The number of nitrogens with zero attached hydrogens (tertiary/aromatic N) is 2. The predicted octanol–water partition coefficient (Wildman–Crippen LogP) is 1.74. The molecule has 2 heterocycles. The number of nitrogens with one attached hydrogen (secondary N) is 2. The van der Waals surface area contributed by atoms with Crippen LogP contribution in [0.25, 0.3) is 0 Å². The van der Waals surface area contributed by atoms with Crippen molar-refractivity contribution in [2.45, 2.75) is 24.3 Å². The number of hydrogen-bond donors (Lipinski definition) is 2. The molecule has 1 aromatic heterocycles. The second kappa shape index (κ2) is 6.37. The molecule has 0 radical (unpaired) electrons. The molecule has 1 aromatic carbocycles. The molecule has 1 aliphatic heterocycles. The standard InChI is InChI=1S/C17H17FN4O4S/c1-17(2)9-26-15-13(27(24,25)21-17)8-22(3)14(15)16(23)20-11-4-5-12(18)10(6-11)7-19/h4-6,8,21H,9H2,1-3H3,(H,20,23). The molecule has 0 unspecified atom stereocenters. The lowest BCUT2D eigenvalue weighted by Crippen LogP contribution is -2.45. The number of sulfonamides is 1. The van der Waals surface area contributed by atoms with E-state index in [9.17, 15) is 17.6 Å². The van der Waals surface area contributed by atoms with Gasteiger partial charge in [0.05, 0.1) is 11.1 Å². The van der Waals surface area contributed by atoms with Gasteiger partial charge in [-0.05, 0) is 32.0 Å². The van der Waals surface area contributed by atoms with E-state index in [4.69, 9.17) is 10.00 Å². The van der Waals surface area contributed by atoms with Gasteiger partial charge in [-0.25, -0.2) is 17.5 Å². The number of rotatable bonds is 2. The van der Waals surface area contributed by atoms with Gasteiger partial charge in [-0.1, -0.05) is 0 Å². The van der Waals surface area contributed by atoms with Gasteiger partial charge in [0.1, 0.15) is 23.4 Å². The van der Waals surface area contributed by atoms with E-state index < -0.39 is 27.3 Å². The molecule has 27 heavy (non-hydrogen) atoms. The summed E-state index contributed by atoms with van der Waals surface area (Å²) in [5.41, 5.74) is -0.877. The summed E-state index contributed by atoms with van der Waals surface area (Å²) in [5, 5.41) is 11.4. The molecule has 142 valence electrons. The molecule has 1 aliphatic rings. The van der Waals surface area contributed by atoms with Crippen LogP contribution in [0, 0.1) is 17.1 Å². The molecule has 2 aromatic rings. The topological polar surface area (TPSA) is 113 Å². The Morgan fingerprint density at radius 2 is 2.15 bits per heavy atom. The zero-order valence-corrected chi connectivity index (χ0v) is 15.6. The third-order valence-electron chi connectivity index (χ3n) is 3.94. The first-order chi connectivity index (χ1) is 12.5. The molecular formula is C17H17FN4O4S. The van der Waals surface area contributed by atoms with Gasteiger partial charge < -0.3 is 14.6 Å². The number of anilines is 1. The van der Waals surface area contributed by atoms with Crippen molar-refractivity contribution < 1.29 is 22.3 Å². The number of carbonyl (C=O) groups is 1. The molecule has 1 amide bonds. The molecule has 10 heteroatoms. The molecule has 0 saturated carbocycles. The maximum Gasteiger partial charge on any atom is 0.276 e. The summed E-state index contributed by atoms with van der Waals surface area (Å²) in [5.74, 6) is -1.41. The van der Waals surface area contributed by atoms with Gasteiger partial charge in [0.15, 0.2) is 11.4 Å². The molecule has 0 fully saturated rings. The fourth-order valence-electron chi connectivity index (χ4n) is 2.75. The van der Waals surface area contributed by atoms with E-state index in [0.29, 0.717) is 0 Å². The molecule has 0 aliphatic carbocycles. The molecule has 0 spiro atoms. The second-order valence-corrected chi connectivity index (χ2v) is 8.47. The van der Waals surface area contributed by atoms with Crippen molar-refractivity contribution in [3.63, 3.8) is 0 Å². The number of carbonyl (C=O) groups excluding carboxylic acids is 1. The summed E-state index contributed by atoms with van der Waals surface area (Å²) in [6.07, 6.45) is 1.29. The highest BCUT2D eigenvalue weighted by molar-refractivity contribution is 7.89. The first kappa shape index (κ1) is 18.9. The third-order valence-corrected chi connectivity index (χ3v) is 5.63. The van der Waals surface area contributed by atoms with Crippen molar-refractivity contribution in [3.8, 4) is 11.8 Å². The predicted molar refractivity (Wildman–Crippen MR) is 94.4 cm³/mol. The van der Waals surface area contributed by atoms with Gasteiger partial charge in [0.25, 0.3) is 5.91 Å². The van der Waals surface area contributed by atoms with Gasteiger partial charge in [0, 0.05) is 18.9 Å². The zero-order valence-electron chi connectivity index (χ0n) is 14.8. The summed E-state index contributed by atoms with van der Waals surface area (Å²) in [6.45, 7) is 3.36. The van der Waals surface area contributed by atoms with Crippen molar-refractivity contribution in [2.75, 3.05) is 11.9 Å². The van der Waals surface area contributed by atoms with Crippen molar-refractivity contribution in [1.29, 1.82) is 5.26 Å². The van der Waals surface area contributed by atoms with Crippen LogP contribution in [-0.4, -0.2) is 31.0 Å². The number of aryl methyl sites for hydroxylation is 1. The molecule has 8 nitrogen and oxygen atoms in total. The average molecular weight is 392 g/mol. The Kier molecular flexibility index (Phi) is 4.45. The molecule has 0 bridgehead atoms. The minimum Gasteiger partial charge on any atom is -0.488 e. The Bertz CT molecular complexity index is 1080. The maximum absolute atomic E-state index is 13.4. The number of fused-ring (bicyclic) bond motifs is 1. The van der Waals surface area contributed by atoms with E-state index >= 15 is 0 Å². The third kappa shape index (κ3) is 3.51. The maximum atomic E-state index is 13.4. The largest absolute Gasteiger partial charge is 0.488 e. The lowest BCUT2D eigenvalue weighted by atomic mass is 10.1. The van der Waals surface area contributed by atoms with E-state index in [-0.39, 0.29) is 34.2 Å². The van der Waals surface area contributed by atoms with Crippen LogP contribution in [0.3, 0.4) is 0 Å². The van der Waals surface area contributed by atoms with E-state index in [1.54, 1.807) is 19.9 Å². The quantitative estimate of drug-likeness (QED) is 0.808. The average Bonchev–Trinajstić information content (AvgIpc) is 2.87. The first-order valence-corrected chi connectivity index (χ1v) is 9.39. The number of hydrogen-bond acceptors (Lipinski definition) is 5. The summed E-state index contributed by atoms with van der Waals surface area (Å²) >= 11 is 0. The van der Waals surface area contributed by atoms with Crippen LogP contribution in [-0.2, 0) is 17.1 Å². The Hall–Kier alpha value is -2.90. The highest BCUT2D eigenvalue weighted by Crippen LogP contribution is 2.34. The minimum atomic E-state index is -3.88. The molecule has 2 N–H and O–H groups in total. The Balaban J connectivity index is 2.01. The van der Waals surface area contributed by atoms with Gasteiger partial charge in [-0.2, -0.15) is 5.26 Å². The SMILES string of the molecule is Cn1cc2c(c1C(=O)Nc1ccc(F)c(C#N)c1)OCC(C)(C)NS2(=O)=O. The molecular weight excluding hydrogens is 375 g/mol. The number of amides is 1. The lowest BCUT2D eigenvalue weighted by Gasteiger charge is -2.22. The van der Waals surface area contributed by atoms with Gasteiger partial charge >= 0.3 is 0 Å². The summed E-state index contributed by atoms with van der Waals surface area (Å²) in [7, 11) is -2.37. The lowest BCUT2D eigenvalue weighted by molar-refractivity contribution is 0.101. The monoisotopic (exact) mass is 392 g/mol. The Labute approximate surface area is 155 Å². The van der Waals surface area contributed by atoms with Crippen molar-refractivity contribution in [1.82, 2.24) is 9.29 Å². The fraction of sp³-hybridized carbons (Fsp3) is 0.294. The number of benzene rings is 1. The van der Waals surface area contributed by atoms with Crippen LogP contribution < -0.4 is 14.8 Å². The van der Waals surface area contributed by atoms with E-state index in [1.165, 1.54) is 29.9 Å². The smallest absolute Gasteiger partial charge is 0.276 e. The molecule has 0 saturated heterocycles. The first-order valence-electron chi connectivity index (χ1n) is 7.91. The summed E-state index contributed by atoms with van der Waals surface area (Å²) in [6, 6.07) is 5.25. The highest BCUT2D eigenvalue weighted by atomic mass is 32.2. The van der Waals surface area contributed by atoms with Gasteiger partial charge in [-0.3, -0.25) is 4.79 Å². The van der Waals surface area contributed by atoms with Crippen molar-refractivity contribution in [3.05, 3.63) is 41.5 Å². The minimum absolute atomic E-state index is 0.00379. The van der Waals surface area contributed by atoms with Crippen LogP contribution in [0.15, 0.2) is 29.3 Å². The van der Waals surface area contributed by atoms with Crippen LogP contribution in [0.2, 0.25) is 0 Å². The van der Waals surface area contributed by atoms with Crippen LogP contribution in [0.4, 0.5) is 10.1 Å². The van der Waals surface area contributed by atoms with Crippen molar-refractivity contribution in [2.24, 2.45) is 7.05 Å². The molecule has 0 atom stereocenters. The highest BCUT2D eigenvalue weighted by Gasteiger charge is 2.37. The van der Waals surface area contributed by atoms with Crippen molar-refractivity contribution >= 4 is 21.6 Å². The Morgan fingerprint density at radius 1 is 1.44 bits per heavy atom. The number of aromatic nitrogens is 1. The number of halogens is 1. The van der Waals surface area contributed by atoms with Crippen LogP contribution in [0.5, 0.6) is 5.75 Å². The van der Waals surface area contributed by atoms with E-state index in [0.717, 1.165) is 6.07 Å². The second-order valence-electron chi connectivity index (χ2n) is 6.82. The van der Waals surface area contributed by atoms with Crippen LogP contribution in [0.1, 0.15) is 29.9 Å². The normalized spacial score (nSPS) is 17.1. The fourth-order valence-corrected chi connectivity index (χ4v) is 4.34. The summed E-state index contributed by atoms with van der Waals surface area (Å²) < 4.78 is 48.1.